The smallest absolute Gasteiger partial charge is 0.240 e. The highest BCUT2D eigenvalue weighted by Crippen LogP contribution is 2.18. The molecule has 1 saturated heterocycles. The Hall–Kier alpha value is -3.20. The van der Waals surface area contributed by atoms with Crippen molar-refractivity contribution in [3.05, 3.63) is 83.9 Å². The molecule has 3 rings (SSSR count). The molecule has 0 saturated carbocycles. The maximum absolute atomic E-state index is 12.7. The second kappa shape index (κ2) is 13.4. The van der Waals surface area contributed by atoms with E-state index in [0.29, 0.717) is 13.0 Å². The average molecular weight is 443 g/mol. The molecule has 0 unspecified atom stereocenters. The largest absolute Gasteiger partial charge is 0.325 e. The van der Waals surface area contributed by atoms with Crippen molar-refractivity contribution in [2.75, 3.05) is 26.2 Å². The number of carbonyl (C=O) groups excluding carboxylic acids is 1. The molecule has 2 N–H and O–H groups in total. The van der Waals surface area contributed by atoms with Crippen LogP contribution in [0.15, 0.2) is 72.8 Å². The van der Waals surface area contributed by atoms with Crippen LogP contribution in [0.5, 0.6) is 0 Å². The van der Waals surface area contributed by atoms with Gasteiger partial charge in [0.2, 0.25) is 5.91 Å². The van der Waals surface area contributed by atoms with Crippen molar-refractivity contribution in [1.82, 2.24) is 9.80 Å². The minimum absolute atomic E-state index is 0.0847. The summed E-state index contributed by atoms with van der Waals surface area (Å²) in [7, 11) is 0. The van der Waals surface area contributed by atoms with Crippen molar-refractivity contribution < 1.29 is 4.79 Å². The summed E-state index contributed by atoms with van der Waals surface area (Å²) < 4.78 is 0. The van der Waals surface area contributed by atoms with E-state index in [9.17, 15) is 10.1 Å². The molecule has 1 aliphatic heterocycles. The summed E-state index contributed by atoms with van der Waals surface area (Å²) in [6.07, 6.45) is 11.7. The number of hydrogen-bond donors (Lipinski definition) is 1. The number of carbonyl (C=O) groups is 1. The Morgan fingerprint density at radius 1 is 1.06 bits per heavy atom. The van der Waals surface area contributed by atoms with Crippen LogP contribution in [-0.2, 0) is 4.79 Å². The van der Waals surface area contributed by atoms with Crippen molar-refractivity contribution in [1.29, 1.82) is 5.26 Å². The minimum Gasteiger partial charge on any atom is -0.325 e. The first-order valence-electron chi connectivity index (χ1n) is 11.8. The highest BCUT2D eigenvalue weighted by molar-refractivity contribution is 5.82. The Morgan fingerprint density at radius 2 is 1.64 bits per heavy atom. The number of likely N-dealkylation sites (tertiary alicyclic amines) is 1. The normalized spacial score (nSPS) is 17.1. The topological polar surface area (TPSA) is 73.4 Å². The maximum atomic E-state index is 12.7. The van der Waals surface area contributed by atoms with E-state index in [1.54, 1.807) is 4.90 Å². The van der Waals surface area contributed by atoms with E-state index in [1.807, 2.05) is 36.4 Å². The van der Waals surface area contributed by atoms with E-state index in [1.165, 1.54) is 11.1 Å². The summed E-state index contributed by atoms with van der Waals surface area (Å²) in [5, 5.41) is 9.24. The van der Waals surface area contributed by atoms with Gasteiger partial charge in [0.05, 0.1) is 12.1 Å². The predicted octanol–water partition coefficient (Wildman–Crippen LogP) is 4.34. The van der Waals surface area contributed by atoms with Gasteiger partial charge >= 0.3 is 0 Å². The maximum Gasteiger partial charge on any atom is 0.240 e. The molecule has 0 aliphatic carbocycles. The lowest BCUT2D eigenvalue weighted by Crippen LogP contribution is -2.45. The second-order valence-electron chi connectivity index (χ2n) is 8.45. The number of nitriles is 1. The van der Waals surface area contributed by atoms with Gasteiger partial charge in [0.25, 0.3) is 0 Å². The van der Waals surface area contributed by atoms with Crippen molar-refractivity contribution in [3.8, 4) is 6.07 Å². The molecule has 0 radical (unpaired) electrons. The summed E-state index contributed by atoms with van der Waals surface area (Å²) in [5.41, 5.74) is 8.57. The van der Waals surface area contributed by atoms with Crippen molar-refractivity contribution >= 4 is 18.1 Å². The van der Waals surface area contributed by atoms with Gasteiger partial charge in [-0.1, -0.05) is 85.0 Å². The summed E-state index contributed by atoms with van der Waals surface area (Å²) in [4.78, 5) is 16.7. The van der Waals surface area contributed by atoms with Gasteiger partial charge in [0.15, 0.2) is 0 Å². The van der Waals surface area contributed by atoms with Crippen molar-refractivity contribution in [2.24, 2.45) is 5.73 Å². The minimum atomic E-state index is -0.541. The van der Waals surface area contributed by atoms with Crippen molar-refractivity contribution in [3.63, 3.8) is 0 Å². The molecule has 5 nitrogen and oxygen atoms in total. The quantitative estimate of drug-likeness (QED) is 0.562. The Balaban J connectivity index is 1.52. The number of amides is 1. The van der Waals surface area contributed by atoms with Gasteiger partial charge < -0.3 is 10.6 Å². The first-order valence-corrected chi connectivity index (χ1v) is 11.8. The molecule has 0 bridgehead atoms. The zero-order chi connectivity index (χ0) is 23.3. The van der Waals surface area contributed by atoms with E-state index in [2.05, 4.69) is 59.5 Å². The number of nitrogens with two attached hydrogens (primary N) is 1. The van der Waals surface area contributed by atoms with Crippen LogP contribution in [0.4, 0.5) is 0 Å². The highest BCUT2D eigenvalue weighted by atomic mass is 16.2. The fraction of sp³-hybridized carbons (Fsp3) is 0.357. The number of benzene rings is 2. The summed E-state index contributed by atoms with van der Waals surface area (Å²) in [6, 6.07) is 21.9. The highest BCUT2D eigenvalue weighted by Gasteiger charge is 2.31. The van der Waals surface area contributed by atoms with Gasteiger partial charge in [-0.15, -0.1) is 0 Å². The van der Waals surface area contributed by atoms with E-state index >= 15 is 0 Å². The van der Waals surface area contributed by atoms with Crippen LogP contribution in [0.3, 0.4) is 0 Å². The van der Waals surface area contributed by atoms with Crippen LogP contribution in [0.25, 0.3) is 12.2 Å². The van der Waals surface area contributed by atoms with Gasteiger partial charge in [-0.2, -0.15) is 5.26 Å². The van der Waals surface area contributed by atoms with E-state index in [4.69, 9.17) is 5.73 Å². The van der Waals surface area contributed by atoms with Gasteiger partial charge in [-0.3, -0.25) is 9.69 Å². The number of hydrogen-bond acceptors (Lipinski definition) is 4. The summed E-state index contributed by atoms with van der Waals surface area (Å²) >= 11 is 0. The fourth-order valence-corrected chi connectivity index (χ4v) is 4.10. The third-order valence-corrected chi connectivity index (χ3v) is 5.94. The van der Waals surface area contributed by atoms with E-state index in [0.717, 1.165) is 38.9 Å². The first kappa shape index (κ1) is 24.4. The van der Waals surface area contributed by atoms with Crippen LogP contribution in [0, 0.1) is 11.3 Å². The van der Waals surface area contributed by atoms with Crippen LogP contribution in [0.1, 0.15) is 36.8 Å². The molecule has 2 aromatic carbocycles. The lowest BCUT2D eigenvalue weighted by molar-refractivity contribution is -0.132. The Morgan fingerprint density at radius 3 is 2.18 bits per heavy atom. The SMILES string of the molecule is N#C[C@@H]1CCCN1C(=O)[C@@H](N)CCCN(C/C=C/c1ccccc1)C/C=C/c1ccccc1. The van der Waals surface area contributed by atoms with Crippen LogP contribution < -0.4 is 5.73 Å². The van der Waals surface area contributed by atoms with Crippen LogP contribution in [0.2, 0.25) is 0 Å². The Kier molecular flexibility index (Phi) is 9.90. The van der Waals surface area contributed by atoms with E-state index in [-0.39, 0.29) is 11.9 Å². The molecule has 1 fully saturated rings. The van der Waals surface area contributed by atoms with Crippen molar-refractivity contribution in [2.45, 2.75) is 37.8 Å². The lowest BCUT2D eigenvalue weighted by atomic mass is 10.1. The summed E-state index contributed by atoms with van der Waals surface area (Å²) in [6.45, 7) is 3.13. The third kappa shape index (κ3) is 8.02. The monoisotopic (exact) mass is 442 g/mol. The number of rotatable bonds is 11. The molecule has 2 aromatic rings. The van der Waals surface area contributed by atoms with E-state index < -0.39 is 6.04 Å². The van der Waals surface area contributed by atoms with Crippen LogP contribution >= 0.6 is 0 Å². The average Bonchev–Trinajstić information content (AvgIpc) is 3.33. The first-order chi connectivity index (χ1) is 16.2. The standard InChI is InChI=1S/C28H34N4O/c29-23-26-17-9-22-32(26)28(33)27(30)18-10-21-31(19-7-15-24-11-3-1-4-12-24)20-8-16-25-13-5-2-6-14-25/h1-8,11-16,26-27H,9-10,17-22,30H2/b15-7+,16-8+/t26-,27-/m0/s1. The molecule has 0 aromatic heterocycles. The van der Waals surface area contributed by atoms with Gasteiger partial charge in [0, 0.05) is 19.6 Å². The third-order valence-electron chi connectivity index (χ3n) is 5.94. The zero-order valence-electron chi connectivity index (χ0n) is 19.2. The fourth-order valence-electron chi connectivity index (χ4n) is 4.10. The molecule has 0 spiro atoms. The number of nitrogens with zero attached hydrogens (tertiary/aromatic N) is 3. The van der Waals surface area contributed by atoms with Gasteiger partial charge in [-0.05, 0) is 43.4 Å². The molecule has 5 heteroatoms. The van der Waals surface area contributed by atoms with Crippen LogP contribution in [-0.4, -0.2) is 54.0 Å². The molecular weight excluding hydrogens is 408 g/mol. The Bertz CT molecular complexity index is 897. The lowest BCUT2D eigenvalue weighted by Gasteiger charge is -2.24. The molecule has 1 aliphatic rings. The molecule has 1 heterocycles. The molecule has 33 heavy (non-hydrogen) atoms. The molecule has 172 valence electrons. The molecule has 2 atom stereocenters. The van der Waals surface area contributed by atoms with Gasteiger partial charge in [0.1, 0.15) is 6.04 Å². The Labute approximate surface area is 197 Å². The molecule has 1 amide bonds. The zero-order valence-corrected chi connectivity index (χ0v) is 19.2. The molecular formula is C28H34N4O. The second-order valence-corrected chi connectivity index (χ2v) is 8.45. The summed E-state index contributed by atoms with van der Waals surface area (Å²) in [5.74, 6) is -0.0847. The van der Waals surface area contributed by atoms with Gasteiger partial charge in [-0.25, -0.2) is 0 Å². The predicted molar refractivity (Wildman–Crippen MR) is 135 cm³/mol.